The molecule has 1 fully saturated rings. The molecule has 1 aromatic carbocycles. The topological polar surface area (TPSA) is 96.2 Å². The van der Waals surface area contributed by atoms with Gasteiger partial charge >= 0.3 is 5.56 Å². The van der Waals surface area contributed by atoms with Gasteiger partial charge < -0.3 is 20.1 Å². The number of carbonyl (C=O) groups is 1. The van der Waals surface area contributed by atoms with Crippen LogP contribution in [0.2, 0.25) is 10.0 Å². The lowest BCUT2D eigenvalue weighted by molar-refractivity contribution is 0.0942. The summed E-state index contributed by atoms with van der Waals surface area (Å²) in [5, 5.41) is 13.7. The number of aromatic hydroxyl groups is 1. The summed E-state index contributed by atoms with van der Waals surface area (Å²) in [6.07, 6.45) is 1.60. The lowest BCUT2D eigenvalue weighted by Gasteiger charge is -2.28. The van der Waals surface area contributed by atoms with Crippen molar-refractivity contribution in [2.75, 3.05) is 31.2 Å². The maximum atomic E-state index is 12.7. The Balaban J connectivity index is 1.59. The molecule has 0 saturated carbocycles. The molecule has 1 aliphatic rings. The van der Waals surface area contributed by atoms with Crippen LogP contribution in [0.3, 0.4) is 0 Å². The van der Waals surface area contributed by atoms with Crippen molar-refractivity contribution in [2.45, 2.75) is 6.54 Å². The Labute approximate surface area is 181 Å². The van der Waals surface area contributed by atoms with Gasteiger partial charge in [0.2, 0.25) is 5.75 Å². The van der Waals surface area contributed by atoms with Crippen LogP contribution in [0, 0.1) is 0 Å². The van der Waals surface area contributed by atoms with E-state index in [2.05, 4.69) is 15.2 Å². The quantitative estimate of drug-likeness (QED) is 0.636. The van der Waals surface area contributed by atoms with Gasteiger partial charge in [0.1, 0.15) is 5.65 Å². The summed E-state index contributed by atoms with van der Waals surface area (Å²) in [4.78, 5) is 31.5. The van der Waals surface area contributed by atoms with Gasteiger partial charge in [-0.15, -0.1) is 0 Å². The van der Waals surface area contributed by atoms with Crippen molar-refractivity contribution in [2.24, 2.45) is 0 Å². The maximum absolute atomic E-state index is 12.7. The number of rotatable bonds is 4. The first kappa shape index (κ1) is 20.5. The van der Waals surface area contributed by atoms with Crippen LogP contribution >= 0.6 is 23.2 Å². The van der Waals surface area contributed by atoms with Crippen LogP contribution < -0.4 is 15.8 Å². The Morgan fingerprint density at radius 1 is 1.17 bits per heavy atom. The summed E-state index contributed by atoms with van der Waals surface area (Å²) in [7, 11) is 0. The van der Waals surface area contributed by atoms with Gasteiger partial charge in [-0.1, -0.05) is 29.3 Å². The zero-order valence-electron chi connectivity index (χ0n) is 15.8. The highest BCUT2D eigenvalue weighted by atomic mass is 35.5. The molecule has 3 heterocycles. The number of pyridine rings is 1. The average Bonchev–Trinajstić information content (AvgIpc) is 2.77. The highest BCUT2D eigenvalue weighted by Crippen LogP contribution is 2.23. The van der Waals surface area contributed by atoms with Crippen molar-refractivity contribution in [3.63, 3.8) is 0 Å². The SMILES string of the molecule is O=C(NCc1ccc(Cl)c(Cl)c1)c1nc2ccc(N3CCOCC3)cn2c(=O)c1O. The third-order valence-electron chi connectivity index (χ3n) is 4.81. The van der Waals surface area contributed by atoms with E-state index in [9.17, 15) is 14.7 Å². The molecule has 0 atom stereocenters. The van der Waals surface area contributed by atoms with Crippen molar-refractivity contribution in [3.8, 4) is 5.75 Å². The first-order valence-electron chi connectivity index (χ1n) is 9.24. The molecule has 0 aliphatic carbocycles. The van der Waals surface area contributed by atoms with Crippen LogP contribution in [-0.4, -0.2) is 46.7 Å². The Bertz CT molecular complexity index is 1180. The molecule has 2 N–H and O–H groups in total. The normalized spacial score (nSPS) is 14.1. The van der Waals surface area contributed by atoms with Crippen molar-refractivity contribution >= 4 is 40.4 Å². The zero-order chi connectivity index (χ0) is 21.3. The number of aromatic nitrogens is 2. The number of hydrogen-bond acceptors (Lipinski definition) is 6. The number of benzene rings is 1. The second kappa shape index (κ2) is 8.51. The van der Waals surface area contributed by atoms with Crippen molar-refractivity contribution in [3.05, 3.63) is 68.2 Å². The van der Waals surface area contributed by atoms with E-state index in [0.717, 1.165) is 5.69 Å². The van der Waals surface area contributed by atoms with Crippen molar-refractivity contribution < 1.29 is 14.6 Å². The van der Waals surface area contributed by atoms with E-state index in [0.29, 0.717) is 41.9 Å². The minimum Gasteiger partial charge on any atom is -0.501 e. The summed E-state index contributed by atoms with van der Waals surface area (Å²) in [5.41, 5.74) is 0.735. The first-order chi connectivity index (χ1) is 14.4. The Morgan fingerprint density at radius 3 is 2.67 bits per heavy atom. The van der Waals surface area contributed by atoms with Gasteiger partial charge in [-0.05, 0) is 29.8 Å². The molecule has 30 heavy (non-hydrogen) atoms. The van der Waals surface area contributed by atoms with Gasteiger partial charge in [0, 0.05) is 25.8 Å². The molecule has 2 aromatic heterocycles. The van der Waals surface area contributed by atoms with E-state index in [1.165, 1.54) is 4.40 Å². The summed E-state index contributed by atoms with van der Waals surface area (Å²) in [6.45, 7) is 2.75. The molecule has 3 aromatic rings. The zero-order valence-corrected chi connectivity index (χ0v) is 17.3. The van der Waals surface area contributed by atoms with Gasteiger partial charge in [0.15, 0.2) is 5.69 Å². The molecule has 1 amide bonds. The van der Waals surface area contributed by atoms with Crippen molar-refractivity contribution in [1.29, 1.82) is 0 Å². The van der Waals surface area contributed by atoms with E-state index in [1.807, 2.05) is 6.07 Å². The highest BCUT2D eigenvalue weighted by molar-refractivity contribution is 6.42. The second-order valence-electron chi connectivity index (χ2n) is 6.76. The van der Waals surface area contributed by atoms with Crippen LogP contribution in [0.1, 0.15) is 16.1 Å². The highest BCUT2D eigenvalue weighted by Gasteiger charge is 2.20. The summed E-state index contributed by atoms with van der Waals surface area (Å²) >= 11 is 11.9. The fourth-order valence-electron chi connectivity index (χ4n) is 3.20. The molecule has 10 heteroatoms. The number of ether oxygens (including phenoxy) is 1. The smallest absolute Gasteiger partial charge is 0.300 e. The molecule has 1 saturated heterocycles. The van der Waals surface area contributed by atoms with E-state index < -0.39 is 17.2 Å². The van der Waals surface area contributed by atoms with Gasteiger partial charge in [0.05, 0.1) is 28.9 Å². The van der Waals surface area contributed by atoms with Crippen LogP contribution in [0.25, 0.3) is 5.65 Å². The molecule has 156 valence electrons. The number of hydrogen-bond donors (Lipinski definition) is 2. The molecule has 4 rings (SSSR count). The Hall–Kier alpha value is -2.81. The molecule has 0 bridgehead atoms. The molecule has 8 nitrogen and oxygen atoms in total. The Morgan fingerprint density at radius 2 is 1.93 bits per heavy atom. The van der Waals surface area contributed by atoms with Gasteiger partial charge in [-0.25, -0.2) is 4.98 Å². The number of morpholine rings is 1. The monoisotopic (exact) mass is 448 g/mol. The van der Waals surface area contributed by atoms with Crippen LogP contribution in [0.5, 0.6) is 5.75 Å². The number of amides is 1. The minimum atomic E-state index is -0.713. The number of anilines is 1. The molecule has 0 spiro atoms. The number of carbonyl (C=O) groups excluding carboxylic acids is 1. The second-order valence-corrected chi connectivity index (χ2v) is 7.57. The molecule has 0 unspecified atom stereocenters. The fraction of sp³-hybridized carbons (Fsp3) is 0.250. The van der Waals surface area contributed by atoms with Crippen LogP contribution in [0.15, 0.2) is 41.3 Å². The predicted octanol–water partition coefficient (Wildman–Crippen LogP) is 2.47. The van der Waals surface area contributed by atoms with E-state index in [1.54, 1.807) is 30.5 Å². The summed E-state index contributed by atoms with van der Waals surface area (Å²) in [5.74, 6) is -1.38. The van der Waals surface area contributed by atoms with E-state index in [-0.39, 0.29) is 17.9 Å². The lowest BCUT2D eigenvalue weighted by Crippen LogP contribution is -2.36. The minimum absolute atomic E-state index is 0.131. The molecule has 0 radical (unpaired) electrons. The lowest BCUT2D eigenvalue weighted by atomic mass is 10.2. The number of nitrogens with one attached hydrogen (secondary N) is 1. The number of halogens is 2. The van der Waals surface area contributed by atoms with Gasteiger partial charge in [-0.3, -0.25) is 14.0 Å². The van der Waals surface area contributed by atoms with Crippen molar-refractivity contribution in [1.82, 2.24) is 14.7 Å². The van der Waals surface area contributed by atoms with E-state index in [4.69, 9.17) is 27.9 Å². The van der Waals surface area contributed by atoms with Crippen LogP contribution in [0.4, 0.5) is 5.69 Å². The van der Waals surface area contributed by atoms with Crippen LogP contribution in [-0.2, 0) is 11.3 Å². The first-order valence-corrected chi connectivity index (χ1v) is 10.00. The average molecular weight is 449 g/mol. The van der Waals surface area contributed by atoms with E-state index >= 15 is 0 Å². The maximum Gasteiger partial charge on any atom is 0.300 e. The predicted molar refractivity (Wildman–Crippen MR) is 114 cm³/mol. The van der Waals surface area contributed by atoms with Gasteiger partial charge in [0.25, 0.3) is 5.91 Å². The standard InChI is InChI=1S/C20H18Cl2N4O4/c21-14-3-1-12(9-15(14)22)10-23-19(28)17-18(27)20(29)26-11-13(2-4-16(26)24-17)25-5-7-30-8-6-25/h1-4,9,11,27H,5-8,10H2,(H,23,28). The molecular formula is C20H18Cl2N4O4. The van der Waals surface area contributed by atoms with Gasteiger partial charge in [-0.2, -0.15) is 0 Å². The fourth-order valence-corrected chi connectivity index (χ4v) is 3.52. The largest absolute Gasteiger partial charge is 0.501 e. The molecular weight excluding hydrogens is 431 g/mol. The number of nitrogens with zero attached hydrogens (tertiary/aromatic N) is 3. The summed E-state index contributed by atoms with van der Waals surface area (Å²) < 4.78 is 6.57. The third kappa shape index (κ3) is 4.07. The molecule has 1 aliphatic heterocycles. The number of fused-ring (bicyclic) bond motifs is 1. The summed E-state index contributed by atoms with van der Waals surface area (Å²) in [6, 6.07) is 8.42. The Kier molecular flexibility index (Phi) is 5.80. The third-order valence-corrected chi connectivity index (χ3v) is 5.55.